The van der Waals surface area contributed by atoms with Crippen LogP contribution in [0.2, 0.25) is 5.02 Å². The van der Waals surface area contributed by atoms with Gasteiger partial charge in [-0.05, 0) is 50.5 Å². The van der Waals surface area contributed by atoms with Crippen LogP contribution in [0.1, 0.15) is 0 Å². The first-order valence-electron chi connectivity index (χ1n) is 9.28. The number of carbonyl (C=O) groups excluding carboxylic acids is 1. The summed E-state index contributed by atoms with van der Waals surface area (Å²) in [5.74, 6) is 1.74. The van der Waals surface area contributed by atoms with Gasteiger partial charge in [-0.25, -0.2) is 4.98 Å². The Morgan fingerprint density at radius 1 is 1.03 bits per heavy atom. The average Bonchev–Trinajstić information content (AvgIpc) is 3.19. The minimum Gasteiger partial charge on any atom is -0.497 e. The van der Waals surface area contributed by atoms with Gasteiger partial charge in [-0.2, -0.15) is 0 Å². The molecule has 0 bridgehead atoms. The van der Waals surface area contributed by atoms with E-state index in [4.69, 9.17) is 25.8 Å². The number of rotatable bonds is 9. The lowest BCUT2D eigenvalue weighted by molar-refractivity contribution is -0.120. The maximum Gasteiger partial charge on any atom is 0.266 e. The standard InChI is InChI=1S/C21H24ClN3O4S/c1-24(2)11-12-25(18(26)13-29-15-7-5-14(27-3)6-8-15)21-23-19-17(28-4)10-9-16(22)20(19)30-21/h5-10H,11-13H2,1-4H3. The second-order valence-corrected chi connectivity index (χ2v) is 8.12. The second kappa shape index (κ2) is 9.97. The third kappa shape index (κ3) is 5.13. The fourth-order valence-electron chi connectivity index (χ4n) is 2.74. The van der Waals surface area contributed by atoms with Crippen LogP contribution in [0.4, 0.5) is 5.13 Å². The predicted molar refractivity (Wildman–Crippen MR) is 121 cm³/mol. The van der Waals surface area contributed by atoms with Gasteiger partial charge in [0.15, 0.2) is 11.7 Å². The van der Waals surface area contributed by atoms with Crippen LogP contribution in [0, 0.1) is 0 Å². The van der Waals surface area contributed by atoms with Gasteiger partial charge in [-0.1, -0.05) is 22.9 Å². The topological polar surface area (TPSA) is 64.1 Å². The number of benzene rings is 2. The summed E-state index contributed by atoms with van der Waals surface area (Å²) in [5, 5.41) is 1.13. The molecule has 9 heteroatoms. The SMILES string of the molecule is COc1ccc(OCC(=O)N(CCN(C)C)c2nc3c(OC)ccc(Cl)c3s2)cc1. The van der Waals surface area contributed by atoms with Gasteiger partial charge in [0.2, 0.25) is 0 Å². The molecular formula is C21H24ClN3O4S. The molecule has 0 saturated carbocycles. The summed E-state index contributed by atoms with van der Waals surface area (Å²) in [6.07, 6.45) is 0. The molecule has 1 aromatic heterocycles. The Morgan fingerprint density at radius 2 is 1.73 bits per heavy atom. The highest BCUT2D eigenvalue weighted by Crippen LogP contribution is 2.38. The fourth-order valence-corrected chi connectivity index (χ4v) is 4.04. The minimum atomic E-state index is -0.193. The molecule has 0 N–H and O–H groups in total. The summed E-state index contributed by atoms with van der Waals surface area (Å²) in [5.41, 5.74) is 0.642. The van der Waals surface area contributed by atoms with Gasteiger partial charge in [0.25, 0.3) is 5.91 Å². The van der Waals surface area contributed by atoms with Crippen LogP contribution < -0.4 is 19.1 Å². The van der Waals surface area contributed by atoms with Crippen LogP contribution in [-0.4, -0.2) is 63.8 Å². The summed E-state index contributed by atoms with van der Waals surface area (Å²) in [4.78, 5) is 21.3. The zero-order chi connectivity index (χ0) is 21.7. The van der Waals surface area contributed by atoms with Gasteiger partial charge in [0.1, 0.15) is 22.8 Å². The van der Waals surface area contributed by atoms with E-state index in [1.165, 1.54) is 11.3 Å². The molecule has 0 radical (unpaired) electrons. The molecule has 0 unspecified atom stereocenters. The number of thiazole rings is 1. The van der Waals surface area contributed by atoms with Crippen molar-refractivity contribution < 1.29 is 19.0 Å². The molecular weight excluding hydrogens is 426 g/mol. The number of anilines is 1. The van der Waals surface area contributed by atoms with Crippen LogP contribution in [0.3, 0.4) is 0 Å². The number of methoxy groups -OCH3 is 2. The summed E-state index contributed by atoms with van der Waals surface area (Å²) < 4.78 is 17.0. The van der Waals surface area contributed by atoms with Crippen molar-refractivity contribution in [3.63, 3.8) is 0 Å². The molecule has 1 heterocycles. The average molecular weight is 450 g/mol. The maximum absolute atomic E-state index is 13.0. The van der Waals surface area contributed by atoms with E-state index >= 15 is 0 Å². The van der Waals surface area contributed by atoms with Crippen molar-refractivity contribution in [1.82, 2.24) is 9.88 Å². The summed E-state index contributed by atoms with van der Waals surface area (Å²) >= 11 is 7.70. The lowest BCUT2D eigenvalue weighted by atomic mass is 10.3. The van der Waals surface area contributed by atoms with Crippen molar-refractivity contribution >= 4 is 44.2 Å². The smallest absolute Gasteiger partial charge is 0.266 e. The predicted octanol–water partition coefficient (Wildman–Crippen LogP) is 3.94. The Morgan fingerprint density at radius 3 is 2.37 bits per heavy atom. The maximum atomic E-state index is 13.0. The molecule has 0 fully saturated rings. The quantitative estimate of drug-likeness (QED) is 0.493. The van der Waals surface area contributed by atoms with E-state index < -0.39 is 0 Å². The van der Waals surface area contributed by atoms with Gasteiger partial charge in [0, 0.05) is 13.1 Å². The first-order valence-corrected chi connectivity index (χ1v) is 10.5. The van der Waals surface area contributed by atoms with E-state index in [-0.39, 0.29) is 12.5 Å². The number of carbonyl (C=O) groups is 1. The Kier molecular flexibility index (Phi) is 7.36. The van der Waals surface area contributed by atoms with Crippen molar-refractivity contribution in [3.05, 3.63) is 41.4 Å². The first kappa shape index (κ1) is 22.1. The molecule has 160 valence electrons. The molecule has 7 nitrogen and oxygen atoms in total. The highest BCUT2D eigenvalue weighted by molar-refractivity contribution is 7.23. The number of amides is 1. The summed E-state index contributed by atoms with van der Waals surface area (Å²) in [6.45, 7) is 1.03. The van der Waals surface area contributed by atoms with Crippen LogP contribution >= 0.6 is 22.9 Å². The van der Waals surface area contributed by atoms with E-state index in [2.05, 4.69) is 4.98 Å². The highest BCUT2D eigenvalue weighted by atomic mass is 35.5. The number of aromatic nitrogens is 1. The van der Waals surface area contributed by atoms with Crippen molar-refractivity contribution in [2.45, 2.75) is 0 Å². The molecule has 3 rings (SSSR count). The van der Waals surface area contributed by atoms with Crippen LogP contribution in [0.25, 0.3) is 10.2 Å². The van der Waals surface area contributed by atoms with Crippen LogP contribution in [-0.2, 0) is 4.79 Å². The van der Waals surface area contributed by atoms with Crippen LogP contribution in [0.15, 0.2) is 36.4 Å². The van der Waals surface area contributed by atoms with Crippen LogP contribution in [0.5, 0.6) is 17.2 Å². The van der Waals surface area contributed by atoms with Gasteiger partial charge >= 0.3 is 0 Å². The lowest BCUT2D eigenvalue weighted by Crippen LogP contribution is -2.39. The highest BCUT2D eigenvalue weighted by Gasteiger charge is 2.22. The normalized spacial score (nSPS) is 11.0. The fraction of sp³-hybridized carbons (Fsp3) is 0.333. The molecule has 30 heavy (non-hydrogen) atoms. The molecule has 0 aliphatic carbocycles. The van der Waals surface area contributed by atoms with E-state index in [1.807, 2.05) is 19.0 Å². The zero-order valence-electron chi connectivity index (χ0n) is 17.3. The van der Waals surface area contributed by atoms with E-state index in [0.717, 1.165) is 10.4 Å². The monoisotopic (exact) mass is 449 g/mol. The number of halogens is 1. The summed E-state index contributed by atoms with van der Waals surface area (Å²) in [7, 11) is 7.09. The first-order chi connectivity index (χ1) is 14.4. The number of nitrogens with zero attached hydrogens (tertiary/aromatic N) is 3. The zero-order valence-corrected chi connectivity index (χ0v) is 18.9. The van der Waals surface area contributed by atoms with Gasteiger partial charge in [-0.3, -0.25) is 9.69 Å². The van der Waals surface area contributed by atoms with Gasteiger partial charge in [0.05, 0.1) is 23.9 Å². The molecule has 3 aromatic rings. The number of hydrogen-bond acceptors (Lipinski definition) is 7. The molecule has 1 amide bonds. The van der Waals surface area contributed by atoms with Crippen molar-refractivity contribution in [2.24, 2.45) is 0 Å². The molecule has 0 saturated heterocycles. The van der Waals surface area contributed by atoms with Gasteiger partial charge < -0.3 is 19.1 Å². The Balaban J connectivity index is 1.83. The molecule has 2 aromatic carbocycles. The number of ether oxygens (including phenoxy) is 3. The lowest BCUT2D eigenvalue weighted by Gasteiger charge is -2.22. The Hall–Kier alpha value is -2.55. The largest absolute Gasteiger partial charge is 0.497 e. The van der Waals surface area contributed by atoms with E-state index in [9.17, 15) is 4.79 Å². The second-order valence-electron chi connectivity index (χ2n) is 6.74. The third-order valence-electron chi connectivity index (χ3n) is 4.39. The van der Waals surface area contributed by atoms with E-state index in [0.29, 0.717) is 40.3 Å². The third-order valence-corrected chi connectivity index (χ3v) is 5.93. The number of fused-ring (bicyclic) bond motifs is 1. The molecule has 0 aliphatic heterocycles. The summed E-state index contributed by atoms with van der Waals surface area (Å²) in [6, 6.07) is 10.6. The van der Waals surface area contributed by atoms with Crippen molar-refractivity contribution in [3.8, 4) is 17.2 Å². The van der Waals surface area contributed by atoms with Gasteiger partial charge in [-0.15, -0.1) is 0 Å². The van der Waals surface area contributed by atoms with Crippen molar-refractivity contribution in [2.75, 3.05) is 52.9 Å². The number of likely N-dealkylation sites (N-methyl/N-ethyl adjacent to an activating group) is 1. The Bertz CT molecular complexity index is 1010. The molecule has 0 spiro atoms. The molecule has 0 aliphatic rings. The molecule has 0 atom stereocenters. The number of hydrogen-bond donors (Lipinski definition) is 0. The van der Waals surface area contributed by atoms with E-state index in [1.54, 1.807) is 55.5 Å². The Labute approximate surface area is 184 Å². The van der Waals surface area contributed by atoms with Crippen molar-refractivity contribution in [1.29, 1.82) is 0 Å². The minimum absolute atomic E-state index is 0.111.